The van der Waals surface area contributed by atoms with Crippen molar-refractivity contribution in [2.75, 3.05) is 0 Å². The summed E-state index contributed by atoms with van der Waals surface area (Å²) in [6.45, 7) is 12.5. The number of rotatable bonds is 2. The van der Waals surface area contributed by atoms with E-state index in [2.05, 4.69) is 37.9 Å². The highest BCUT2D eigenvalue weighted by molar-refractivity contribution is 8.16. The molecule has 0 radical (unpaired) electrons. The van der Waals surface area contributed by atoms with Crippen LogP contribution in [-0.2, 0) is 8.94 Å². The molecule has 1 aromatic carbocycles. The monoisotopic (exact) mass is 303 g/mol. The first-order valence-electron chi connectivity index (χ1n) is 6.01. The fraction of sp³-hybridized carbons (Fsp3) is 0.538. The molecule has 102 valence electrons. The lowest BCUT2D eigenvalue weighted by molar-refractivity contribution is 0.682. The quantitative estimate of drug-likeness (QED) is 0.559. The van der Waals surface area contributed by atoms with Crippen LogP contribution in [0.25, 0.3) is 0 Å². The van der Waals surface area contributed by atoms with Crippen molar-refractivity contribution in [1.29, 1.82) is 0 Å². The van der Waals surface area contributed by atoms with Gasteiger partial charge in [0.15, 0.2) is 17.2 Å². The number of benzene rings is 1. The average molecular weight is 304 g/mol. The van der Waals surface area contributed by atoms with Gasteiger partial charge in [0.1, 0.15) is 0 Å². The molecular weight excluding hydrogens is 282 g/mol. The predicted molar refractivity (Wildman–Crippen MR) is 83.1 cm³/mol. The van der Waals surface area contributed by atoms with Crippen molar-refractivity contribution >= 4 is 27.9 Å². The summed E-state index contributed by atoms with van der Waals surface area (Å²) in [5.41, 5.74) is 0.931. The summed E-state index contributed by atoms with van der Waals surface area (Å²) in [5, 5.41) is 0.0350. The van der Waals surface area contributed by atoms with Crippen LogP contribution in [0.2, 0.25) is 18.1 Å². The lowest BCUT2D eigenvalue weighted by atomic mass is 10.2. The van der Waals surface area contributed by atoms with Gasteiger partial charge in [0.2, 0.25) is 0 Å². The summed E-state index contributed by atoms with van der Waals surface area (Å²) in [7, 11) is 1.40. The normalized spacial score (nSPS) is 16.2. The van der Waals surface area contributed by atoms with Gasteiger partial charge in [-0.2, -0.15) is 0 Å². The van der Waals surface area contributed by atoms with Crippen molar-refractivity contribution in [2.24, 2.45) is 4.03 Å². The lowest BCUT2D eigenvalue weighted by Crippen LogP contribution is -2.35. The van der Waals surface area contributed by atoms with Gasteiger partial charge < -0.3 is 0 Å². The molecule has 0 amide bonds. The second kappa shape index (κ2) is 4.98. The van der Waals surface area contributed by atoms with Gasteiger partial charge in [0.25, 0.3) is 0 Å². The Hall–Kier alpha value is -0.323. The Morgan fingerprint density at radius 3 is 2.17 bits per heavy atom. The van der Waals surface area contributed by atoms with Crippen molar-refractivity contribution in [1.82, 2.24) is 0 Å². The van der Waals surface area contributed by atoms with E-state index in [0.717, 1.165) is 5.56 Å². The third-order valence-corrected chi connectivity index (χ3v) is 12.1. The Balaban J connectivity index is 3.41. The summed E-state index contributed by atoms with van der Waals surface area (Å²) in [6, 6.07) is 7.49. The summed E-state index contributed by atoms with van der Waals surface area (Å²) in [5.74, 6) is 0. The maximum Gasteiger partial charge on any atom is 0.194 e. The van der Waals surface area contributed by atoms with Crippen molar-refractivity contribution < 1.29 is 4.21 Å². The van der Waals surface area contributed by atoms with E-state index in [-0.39, 0.29) is 5.04 Å². The Morgan fingerprint density at radius 1 is 1.22 bits per heavy atom. The van der Waals surface area contributed by atoms with Crippen LogP contribution in [0.5, 0.6) is 0 Å². The molecule has 0 spiro atoms. The van der Waals surface area contributed by atoms with E-state index in [9.17, 15) is 4.21 Å². The molecule has 0 saturated heterocycles. The van der Waals surface area contributed by atoms with E-state index >= 15 is 0 Å². The van der Waals surface area contributed by atoms with Crippen LogP contribution in [0, 0.1) is 6.92 Å². The van der Waals surface area contributed by atoms with Gasteiger partial charge in [-0.15, -0.1) is 0 Å². The molecule has 0 aliphatic rings. The minimum absolute atomic E-state index is 0.0350. The molecule has 1 aromatic rings. The topological polar surface area (TPSA) is 29.4 Å². The summed E-state index contributed by atoms with van der Waals surface area (Å²) < 4.78 is 17.3. The first-order valence-corrected chi connectivity index (χ1v) is 11.3. The third kappa shape index (κ3) is 3.37. The largest absolute Gasteiger partial charge is 0.261 e. The van der Waals surface area contributed by atoms with Crippen LogP contribution in [0.15, 0.2) is 33.2 Å². The molecule has 0 saturated carbocycles. The molecule has 1 atom stereocenters. The van der Waals surface area contributed by atoms with Crippen molar-refractivity contribution in [3.8, 4) is 0 Å². The Kier molecular flexibility index (Phi) is 4.36. The average Bonchev–Trinajstić information content (AvgIpc) is 2.14. The van der Waals surface area contributed by atoms with Crippen LogP contribution in [-0.4, -0.2) is 12.4 Å². The van der Waals surface area contributed by atoms with Gasteiger partial charge in [0.05, 0.1) is 4.90 Å². The SMILES string of the molecule is Cc1ccccc1S(=O)(Cl)=N[Si](C)(C)C(C)(C)C. The maximum atomic E-state index is 12.7. The maximum absolute atomic E-state index is 12.7. The van der Waals surface area contributed by atoms with Crippen molar-refractivity contribution in [3.63, 3.8) is 0 Å². The molecule has 1 unspecified atom stereocenters. The highest BCUT2D eigenvalue weighted by Crippen LogP contribution is 2.39. The molecule has 0 N–H and O–H groups in total. The van der Waals surface area contributed by atoms with Crippen LogP contribution in [0.3, 0.4) is 0 Å². The van der Waals surface area contributed by atoms with Crippen LogP contribution < -0.4 is 0 Å². The zero-order chi connectivity index (χ0) is 14.2. The molecule has 0 bridgehead atoms. The fourth-order valence-corrected chi connectivity index (χ4v) is 7.94. The van der Waals surface area contributed by atoms with Gasteiger partial charge in [0, 0.05) is 10.7 Å². The minimum atomic E-state index is -2.82. The minimum Gasteiger partial charge on any atom is -0.261 e. The molecule has 0 aliphatic carbocycles. The van der Waals surface area contributed by atoms with Crippen LogP contribution in [0.4, 0.5) is 0 Å². The van der Waals surface area contributed by atoms with Gasteiger partial charge in [-0.3, -0.25) is 4.03 Å². The Labute approximate surface area is 117 Å². The Bertz CT molecular complexity index is 554. The molecule has 5 heteroatoms. The first-order chi connectivity index (χ1) is 7.97. The first kappa shape index (κ1) is 15.7. The number of aryl methyl sites for hydroxylation is 1. The number of hydrogen-bond acceptors (Lipinski definition) is 2. The molecular formula is C13H22ClNOSSi. The standard InChI is InChI=1S/C13H22ClNOSSi/c1-11-9-7-8-10-12(11)17(14,16)15-18(5,6)13(2,3)4/h7-10H,1-6H3. The van der Waals surface area contributed by atoms with Crippen molar-refractivity contribution in [3.05, 3.63) is 29.8 Å². The highest BCUT2D eigenvalue weighted by atomic mass is 35.7. The van der Waals surface area contributed by atoms with E-state index < -0.39 is 17.2 Å². The number of hydrogen-bond donors (Lipinski definition) is 0. The highest BCUT2D eigenvalue weighted by Gasteiger charge is 2.37. The molecule has 2 nitrogen and oxygen atoms in total. The van der Waals surface area contributed by atoms with Crippen LogP contribution >= 0.6 is 10.7 Å². The van der Waals surface area contributed by atoms with Crippen LogP contribution in [0.1, 0.15) is 26.3 Å². The number of halogens is 1. The number of nitrogens with zero attached hydrogens (tertiary/aromatic N) is 1. The zero-order valence-electron chi connectivity index (χ0n) is 12.0. The summed E-state index contributed by atoms with van der Waals surface area (Å²) in [4.78, 5) is 0.650. The summed E-state index contributed by atoms with van der Waals surface area (Å²) >= 11 is 0. The van der Waals surface area contributed by atoms with E-state index in [1.54, 1.807) is 6.07 Å². The lowest BCUT2D eigenvalue weighted by Gasteiger charge is -2.32. The van der Waals surface area contributed by atoms with Gasteiger partial charge in [-0.05, 0) is 36.7 Å². The second-order valence-corrected chi connectivity index (χ2v) is 14.1. The zero-order valence-corrected chi connectivity index (χ0v) is 14.5. The van der Waals surface area contributed by atoms with Gasteiger partial charge in [-0.1, -0.05) is 39.0 Å². The third-order valence-electron chi connectivity index (χ3n) is 3.55. The summed E-state index contributed by atoms with van der Waals surface area (Å²) in [6.07, 6.45) is 0. The molecule has 0 heterocycles. The van der Waals surface area contributed by atoms with Gasteiger partial charge in [-0.25, -0.2) is 4.21 Å². The molecule has 18 heavy (non-hydrogen) atoms. The molecule has 0 fully saturated rings. The van der Waals surface area contributed by atoms with E-state index in [1.807, 2.05) is 25.1 Å². The van der Waals surface area contributed by atoms with E-state index in [4.69, 9.17) is 10.7 Å². The predicted octanol–water partition coefficient (Wildman–Crippen LogP) is 4.98. The second-order valence-electron chi connectivity index (χ2n) is 6.12. The van der Waals surface area contributed by atoms with E-state index in [1.165, 1.54) is 0 Å². The fourth-order valence-electron chi connectivity index (χ4n) is 1.32. The van der Waals surface area contributed by atoms with Crippen molar-refractivity contribution in [2.45, 2.75) is 50.7 Å². The molecule has 0 aromatic heterocycles. The Morgan fingerprint density at radius 2 is 1.72 bits per heavy atom. The van der Waals surface area contributed by atoms with E-state index in [0.29, 0.717) is 4.90 Å². The molecule has 1 rings (SSSR count). The van der Waals surface area contributed by atoms with Gasteiger partial charge >= 0.3 is 0 Å². The molecule has 0 aliphatic heterocycles. The smallest absolute Gasteiger partial charge is 0.194 e.